The summed E-state index contributed by atoms with van der Waals surface area (Å²) in [6.45, 7) is 0. The normalized spacial score (nSPS) is 10.3. The van der Waals surface area contributed by atoms with Gasteiger partial charge in [0.25, 0.3) is 0 Å². The molecule has 2 aromatic rings. The van der Waals surface area contributed by atoms with Crippen LogP contribution in [0.3, 0.4) is 0 Å². The first kappa shape index (κ1) is 14.5. The highest BCUT2D eigenvalue weighted by atomic mass is 127. The quantitative estimate of drug-likeness (QED) is 0.670. The third-order valence-corrected chi connectivity index (χ3v) is 3.69. The predicted molar refractivity (Wildman–Crippen MR) is 86.3 cm³/mol. The number of benzene rings is 1. The molecule has 0 saturated heterocycles. The number of halogens is 3. The fourth-order valence-corrected chi connectivity index (χ4v) is 2.65. The second-order valence-electron chi connectivity index (χ2n) is 3.60. The van der Waals surface area contributed by atoms with Gasteiger partial charge < -0.3 is 10.4 Å². The lowest BCUT2D eigenvalue weighted by Gasteiger charge is -2.10. The minimum absolute atomic E-state index is 0.0731. The van der Waals surface area contributed by atoms with E-state index in [0.717, 1.165) is 3.57 Å². The van der Waals surface area contributed by atoms with Crippen LogP contribution in [0.1, 0.15) is 10.4 Å². The molecule has 0 amide bonds. The van der Waals surface area contributed by atoms with Crippen molar-refractivity contribution in [3.8, 4) is 0 Å². The lowest BCUT2D eigenvalue weighted by atomic mass is 10.2. The fourth-order valence-electron chi connectivity index (χ4n) is 1.42. The van der Waals surface area contributed by atoms with Gasteiger partial charge in [0.15, 0.2) is 0 Å². The smallest absolute Gasteiger partial charge is 0.339 e. The molecule has 1 aromatic carbocycles. The number of hydrogen-bond donors (Lipinski definition) is 2. The van der Waals surface area contributed by atoms with Crippen LogP contribution in [0.25, 0.3) is 0 Å². The summed E-state index contributed by atoms with van der Waals surface area (Å²) in [7, 11) is 0. The number of carboxylic acids is 1. The number of anilines is 2. The van der Waals surface area contributed by atoms with Gasteiger partial charge in [0.05, 0.1) is 10.7 Å². The van der Waals surface area contributed by atoms with Gasteiger partial charge in [-0.1, -0.05) is 11.6 Å². The second-order valence-corrected chi connectivity index (χ2v) is 6.17. The van der Waals surface area contributed by atoms with Gasteiger partial charge in [-0.05, 0) is 62.8 Å². The maximum atomic E-state index is 11.2. The Hall–Kier alpha value is -0.860. The monoisotopic (exact) mass is 452 g/mol. The standard InChI is InChI=1S/C12H7BrClIN2O2/c13-6-3-8(12(18)19)11(16-5-6)17-10-2-1-7(15)4-9(10)14/h1-5H,(H,16,17)(H,18,19). The number of aromatic nitrogens is 1. The van der Waals surface area contributed by atoms with E-state index in [1.807, 2.05) is 6.07 Å². The van der Waals surface area contributed by atoms with E-state index in [9.17, 15) is 4.79 Å². The van der Waals surface area contributed by atoms with Gasteiger partial charge in [0.2, 0.25) is 0 Å². The summed E-state index contributed by atoms with van der Waals surface area (Å²) in [4.78, 5) is 15.2. The molecule has 0 bridgehead atoms. The van der Waals surface area contributed by atoms with Gasteiger partial charge in [-0.25, -0.2) is 9.78 Å². The molecule has 0 unspecified atom stereocenters. The molecule has 98 valence electrons. The highest BCUT2D eigenvalue weighted by Crippen LogP contribution is 2.28. The predicted octanol–water partition coefficient (Wildman–Crippen LogP) is 4.54. The summed E-state index contributed by atoms with van der Waals surface area (Å²) in [5.74, 6) is -0.809. The Balaban J connectivity index is 2.40. The molecule has 0 spiro atoms. The zero-order valence-corrected chi connectivity index (χ0v) is 13.8. The zero-order chi connectivity index (χ0) is 14.0. The molecule has 0 radical (unpaired) electrons. The molecule has 0 atom stereocenters. The largest absolute Gasteiger partial charge is 0.478 e. The molecule has 2 N–H and O–H groups in total. The number of nitrogens with zero attached hydrogens (tertiary/aromatic N) is 1. The molecule has 0 saturated carbocycles. The van der Waals surface area contributed by atoms with Crippen molar-refractivity contribution < 1.29 is 9.90 Å². The maximum Gasteiger partial charge on any atom is 0.339 e. The molecule has 1 aromatic heterocycles. The van der Waals surface area contributed by atoms with Crippen molar-refractivity contribution >= 4 is 67.6 Å². The first-order chi connectivity index (χ1) is 8.97. The van der Waals surface area contributed by atoms with Crippen molar-refractivity contribution in [3.05, 3.63) is 49.1 Å². The molecule has 0 fully saturated rings. The molecular weight excluding hydrogens is 446 g/mol. The summed E-state index contributed by atoms with van der Waals surface area (Å²) in [6, 6.07) is 6.91. The van der Waals surface area contributed by atoms with Crippen LogP contribution in [0.15, 0.2) is 34.9 Å². The highest BCUT2D eigenvalue weighted by molar-refractivity contribution is 14.1. The Morgan fingerprint density at radius 3 is 2.79 bits per heavy atom. The average molecular weight is 453 g/mol. The molecule has 0 aliphatic heterocycles. The Bertz CT molecular complexity index is 652. The summed E-state index contributed by atoms with van der Waals surface area (Å²) in [5, 5.41) is 12.6. The Morgan fingerprint density at radius 1 is 1.42 bits per heavy atom. The van der Waals surface area contributed by atoms with Gasteiger partial charge >= 0.3 is 5.97 Å². The number of nitrogens with one attached hydrogen (secondary N) is 1. The maximum absolute atomic E-state index is 11.2. The topological polar surface area (TPSA) is 62.2 Å². The van der Waals surface area contributed by atoms with Crippen LogP contribution < -0.4 is 5.32 Å². The van der Waals surface area contributed by atoms with Crippen molar-refractivity contribution in [2.75, 3.05) is 5.32 Å². The van der Waals surface area contributed by atoms with Crippen LogP contribution in [0.4, 0.5) is 11.5 Å². The SMILES string of the molecule is O=C(O)c1cc(Br)cnc1Nc1ccc(I)cc1Cl. The van der Waals surface area contributed by atoms with E-state index in [4.69, 9.17) is 16.7 Å². The molecule has 0 aliphatic rings. The van der Waals surface area contributed by atoms with E-state index in [2.05, 4.69) is 48.8 Å². The fraction of sp³-hybridized carbons (Fsp3) is 0. The van der Waals surface area contributed by atoms with E-state index < -0.39 is 5.97 Å². The van der Waals surface area contributed by atoms with Gasteiger partial charge in [-0.3, -0.25) is 0 Å². The minimum Gasteiger partial charge on any atom is -0.478 e. The lowest BCUT2D eigenvalue weighted by molar-refractivity contribution is 0.0697. The number of rotatable bonds is 3. The third kappa shape index (κ3) is 3.58. The van der Waals surface area contributed by atoms with Crippen LogP contribution in [-0.2, 0) is 0 Å². The van der Waals surface area contributed by atoms with Gasteiger partial charge in [0.1, 0.15) is 11.4 Å². The van der Waals surface area contributed by atoms with Crippen LogP contribution in [0, 0.1) is 3.57 Å². The van der Waals surface area contributed by atoms with E-state index in [0.29, 0.717) is 15.2 Å². The molecule has 1 heterocycles. The Labute approximate surface area is 136 Å². The van der Waals surface area contributed by atoms with E-state index in [1.54, 1.807) is 12.1 Å². The first-order valence-electron chi connectivity index (χ1n) is 5.08. The number of hydrogen-bond acceptors (Lipinski definition) is 3. The molecule has 2 rings (SSSR count). The number of aromatic carboxylic acids is 1. The average Bonchev–Trinajstić information content (AvgIpc) is 2.34. The Kier molecular flexibility index (Phi) is 4.64. The molecule has 19 heavy (non-hydrogen) atoms. The molecule has 7 heteroatoms. The Morgan fingerprint density at radius 2 is 2.16 bits per heavy atom. The molecular formula is C12H7BrClIN2O2. The van der Waals surface area contributed by atoms with E-state index in [-0.39, 0.29) is 11.4 Å². The van der Waals surface area contributed by atoms with Crippen molar-refractivity contribution in [2.45, 2.75) is 0 Å². The molecule has 0 aliphatic carbocycles. The number of carboxylic acid groups (broad SMARTS) is 1. The number of pyridine rings is 1. The summed E-state index contributed by atoms with van der Waals surface area (Å²) >= 11 is 11.4. The van der Waals surface area contributed by atoms with Crippen molar-refractivity contribution in [2.24, 2.45) is 0 Å². The van der Waals surface area contributed by atoms with Gasteiger partial charge in [-0.2, -0.15) is 0 Å². The summed E-state index contributed by atoms with van der Waals surface area (Å²) in [6.07, 6.45) is 1.52. The summed E-state index contributed by atoms with van der Waals surface area (Å²) < 4.78 is 1.60. The van der Waals surface area contributed by atoms with Crippen molar-refractivity contribution in [1.82, 2.24) is 4.98 Å². The highest BCUT2D eigenvalue weighted by Gasteiger charge is 2.13. The van der Waals surface area contributed by atoms with E-state index in [1.165, 1.54) is 12.3 Å². The van der Waals surface area contributed by atoms with Crippen LogP contribution in [-0.4, -0.2) is 16.1 Å². The van der Waals surface area contributed by atoms with Gasteiger partial charge in [-0.15, -0.1) is 0 Å². The second kappa shape index (κ2) is 6.06. The zero-order valence-electron chi connectivity index (χ0n) is 9.32. The van der Waals surface area contributed by atoms with Crippen molar-refractivity contribution in [3.63, 3.8) is 0 Å². The van der Waals surface area contributed by atoms with Crippen molar-refractivity contribution in [1.29, 1.82) is 0 Å². The van der Waals surface area contributed by atoms with Crippen LogP contribution in [0.5, 0.6) is 0 Å². The first-order valence-corrected chi connectivity index (χ1v) is 7.33. The third-order valence-electron chi connectivity index (χ3n) is 2.27. The molecule has 4 nitrogen and oxygen atoms in total. The van der Waals surface area contributed by atoms with Crippen LogP contribution >= 0.6 is 50.1 Å². The number of carbonyl (C=O) groups is 1. The lowest BCUT2D eigenvalue weighted by Crippen LogP contribution is -2.05. The minimum atomic E-state index is -1.06. The van der Waals surface area contributed by atoms with Crippen LogP contribution in [0.2, 0.25) is 5.02 Å². The van der Waals surface area contributed by atoms with E-state index >= 15 is 0 Å². The summed E-state index contributed by atoms with van der Waals surface area (Å²) in [5.41, 5.74) is 0.684. The van der Waals surface area contributed by atoms with Gasteiger partial charge in [0, 0.05) is 14.2 Å².